The topological polar surface area (TPSA) is 63.9 Å². The van der Waals surface area contributed by atoms with E-state index in [9.17, 15) is 18.0 Å². The molecule has 0 radical (unpaired) electrons. The molecule has 4 rings (SSSR count). The number of thiazole rings is 1. The van der Waals surface area contributed by atoms with Gasteiger partial charge < -0.3 is 4.57 Å². The number of benzene rings is 2. The van der Waals surface area contributed by atoms with Gasteiger partial charge >= 0.3 is 6.18 Å². The van der Waals surface area contributed by atoms with Crippen molar-refractivity contribution in [3.8, 4) is 11.3 Å². The summed E-state index contributed by atoms with van der Waals surface area (Å²) in [5, 5.41) is 9.71. The minimum atomic E-state index is -4.62. The lowest BCUT2D eigenvalue weighted by Crippen LogP contribution is -2.32. The van der Waals surface area contributed by atoms with E-state index >= 15 is 0 Å². The van der Waals surface area contributed by atoms with Crippen molar-refractivity contribution in [3.63, 3.8) is 0 Å². The van der Waals surface area contributed by atoms with Gasteiger partial charge in [-0.25, -0.2) is 4.98 Å². The molecule has 4 aromatic rings. The van der Waals surface area contributed by atoms with Gasteiger partial charge in [-0.2, -0.15) is 13.2 Å². The maximum absolute atomic E-state index is 13.2. The molecule has 2 aromatic heterocycles. The lowest BCUT2D eigenvalue weighted by atomic mass is 10.2. The zero-order valence-corrected chi connectivity index (χ0v) is 20.0. The summed E-state index contributed by atoms with van der Waals surface area (Å²) in [7, 11) is 1.22. The molecule has 0 N–H and O–H groups in total. The number of halogens is 4. The molecule has 0 saturated carbocycles. The fourth-order valence-electron chi connectivity index (χ4n) is 3.06. The quantitative estimate of drug-likeness (QED) is 0.281. The first-order valence-electron chi connectivity index (χ1n) is 9.87. The van der Waals surface area contributed by atoms with Crippen LogP contribution in [0.3, 0.4) is 0 Å². The van der Waals surface area contributed by atoms with Gasteiger partial charge in [0.25, 0.3) is 0 Å². The molecule has 2 aromatic carbocycles. The van der Waals surface area contributed by atoms with Crippen LogP contribution < -0.4 is 4.90 Å². The van der Waals surface area contributed by atoms with Crippen molar-refractivity contribution in [1.82, 2.24) is 19.7 Å². The van der Waals surface area contributed by atoms with Crippen LogP contribution in [0.2, 0.25) is 5.02 Å². The van der Waals surface area contributed by atoms with Gasteiger partial charge in [0.2, 0.25) is 11.7 Å². The molecule has 34 heavy (non-hydrogen) atoms. The molecule has 6 nitrogen and oxygen atoms in total. The molecular weight excluding hydrogens is 507 g/mol. The predicted octanol–water partition coefficient (Wildman–Crippen LogP) is 5.94. The van der Waals surface area contributed by atoms with Crippen molar-refractivity contribution in [1.29, 1.82) is 0 Å². The Morgan fingerprint density at radius 2 is 1.82 bits per heavy atom. The van der Waals surface area contributed by atoms with Crippen LogP contribution >= 0.6 is 34.7 Å². The number of hydrogen-bond acceptors (Lipinski definition) is 6. The second-order valence-electron chi connectivity index (χ2n) is 7.14. The highest BCUT2D eigenvalue weighted by Crippen LogP contribution is 2.32. The van der Waals surface area contributed by atoms with Crippen LogP contribution in [0.15, 0.2) is 65.1 Å². The molecule has 0 spiro atoms. The Morgan fingerprint density at radius 1 is 1.12 bits per heavy atom. The normalized spacial score (nSPS) is 11.6. The lowest BCUT2D eigenvalue weighted by molar-refractivity contribution is -0.147. The number of hydrogen-bond donors (Lipinski definition) is 0. The molecule has 0 saturated heterocycles. The number of aromatic nitrogens is 4. The maximum atomic E-state index is 13.2. The SMILES string of the molecule is Cn1c(SCC(=O)N(Cc2ccccc2)c2nc(-c3ccc(Cl)cc3)cs2)nnc1C(F)(F)F. The Kier molecular flexibility index (Phi) is 7.24. The van der Waals surface area contributed by atoms with Gasteiger partial charge in [0, 0.05) is 23.0 Å². The van der Waals surface area contributed by atoms with E-state index in [-0.39, 0.29) is 23.4 Å². The molecule has 0 aliphatic rings. The molecule has 0 atom stereocenters. The summed E-state index contributed by atoms with van der Waals surface area (Å²) in [6, 6.07) is 16.6. The first kappa shape index (κ1) is 24.2. The van der Waals surface area contributed by atoms with Gasteiger partial charge in [-0.1, -0.05) is 65.8 Å². The highest BCUT2D eigenvalue weighted by atomic mass is 35.5. The Morgan fingerprint density at radius 3 is 2.47 bits per heavy atom. The summed E-state index contributed by atoms with van der Waals surface area (Å²) in [6.45, 7) is 0.264. The second kappa shape index (κ2) is 10.2. The average molecular weight is 524 g/mol. The van der Waals surface area contributed by atoms with Gasteiger partial charge in [-0.15, -0.1) is 21.5 Å². The maximum Gasteiger partial charge on any atom is 0.451 e. The Hall–Kier alpha value is -2.89. The molecule has 2 heterocycles. The number of rotatable bonds is 7. The number of anilines is 1. The van der Waals surface area contributed by atoms with Crippen molar-refractivity contribution in [3.05, 3.63) is 76.4 Å². The predicted molar refractivity (Wildman–Crippen MR) is 127 cm³/mol. The zero-order valence-electron chi connectivity index (χ0n) is 17.7. The van der Waals surface area contributed by atoms with E-state index in [0.29, 0.717) is 15.8 Å². The first-order valence-corrected chi connectivity index (χ1v) is 12.1. The minimum absolute atomic E-state index is 0.00123. The van der Waals surface area contributed by atoms with Crippen molar-refractivity contribution < 1.29 is 18.0 Å². The van der Waals surface area contributed by atoms with Crippen LogP contribution in [0.4, 0.5) is 18.3 Å². The fraction of sp³-hybridized carbons (Fsp3) is 0.182. The van der Waals surface area contributed by atoms with Crippen LogP contribution in [0.25, 0.3) is 11.3 Å². The van der Waals surface area contributed by atoms with E-state index in [0.717, 1.165) is 27.5 Å². The van der Waals surface area contributed by atoms with Crippen molar-refractivity contribution in [2.24, 2.45) is 7.05 Å². The Balaban J connectivity index is 1.56. The van der Waals surface area contributed by atoms with Crippen molar-refractivity contribution >= 4 is 45.7 Å². The number of nitrogens with zero attached hydrogens (tertiary/aromatic N) is 5. The third-order valence-corrected chi connectivity index (χ3v) is 6.88. The van der Waals surface area contributed by atoms with Gasteiger partial charge in [0.15, 0.2) is 10.3 Å². The summed E-state index contributed by atoms with van der Waals surface area (Å²) >= 11 is 8.16. The van der Waals surface area contributed by atoms with Gasteiger partial charge in [-0.3, -0.25) is 9.69 Å². The summed E-state index contributed by atoms with van der Waals surface area (Å²) < 4.78 is 39.8. The van der Waals surface area contributed by atoms with E-state index in [1.807, 2.05) is 47.8 Å². The molecule has 12 heteroatoms. The molecule has 0 aliphatic heterocycles. The Bertz CT molecular complexity index is 1280. The standard InChI is InChI=1S/C22H17ClF3N5OS2/c1-30-19(22(24,25)26)28-29-21(30)34-13-18(32)31(11-14-5-3-2-4-6-14)20-27-17(12-33-20)15-7-9-16(23)10-8-15/h2-10,12H,11,13H2,1H3. The largest absolute Gasteiger partial charge is 0.451 e. The smallest absolute Gasteiger partial charge is 0.302 e. The van der Waals surface area contributed by atoms with Crippen LogP contribution in [0.1, 0.15) is 11.4 Å². The molecule has 0 aliphatic carbocycles. The van der Waals surface area contributed by atoms with E-state index < -0.39 is 12.0 Å². The number of amides is 1. The summed E-state index contributed by atoms with van der Waals surface area (Å²) in [5.41, 5.74) is 2.44. The van der Waals surface area contributed by atoms with E-state index in [1.54, 1.807) is 12.1 Å². The molecule has 0 fully saturated rings. The van der Waals surface area contributed by atoms with E-state index in [4.69, 9.17) is 11.6 Å². The first-order chi connectivity index (χ1) is 16.2. The summed E-state index contributed by atoms with van der Waals surface area (Å²) in [4.78, 5) is 19.3. The number of carbonyl (C=O) groups is 1. The molecule has 0 unspecified atom stereocenters. The molecule has 1 amide bonds. The number of carbonyl (C=O) groups excluding carboxylic acids is 1. The van der Waals surface area contributed by atoms with Gasteiger partial charge in [0.1, 0.15) is 0 Å². The third-order valence-electron chi connectivity index (χ3n) is 4.76. The summed E-state index contributed by atoms with van der Waals surface area (Å²) in [5.74, 6) is -1.56. The second-order valence-corrected chi connectivity index (χ2v) is 9.35. The lowest BCUT2D eigenvalue weighted by Gasteiger charge is -2.20. The van der Waals surface area contributed by atoms with E-state index in [1.165, 1.54) is 23.3 Å². The number of alkyl halides is 3. The molecule has 0 bridgehead atoms. The van der Waals surface area contributed by atoms with Crippen LogP contribution in [0, 0.1) is 0 Å². The number of thioether (sulfide) groups is 1. The van der Waals surface area contributed by atoms with Crippen molar-refractivity contribution in [2.75, 3.05) is 10.7 Å². The average Bonchev–Trinajstić information content (AvgIpc) is 3.44. The monoisotopic (exact) mass is 523 g/mol. The zero-order chi connectivity index (χ0) is 24.3. The highest BCUT2D eigenvalue weighted by Gasteiger charge is 2.37. The van der Waals surface area contributed by atoms with E-state index in [2.05, 4.69) is 15.2 Å². The van der Waals surface area contributed by atoms with Crippen LogP contribution in [-0.2, 0) is 24.6 Å². The third kappa shape index (κ3) is 5.60. The minimum Gasteiger partial charge on any atom is -0.302 e. The summed E-state index contributed by atoms with van der Waals surface area (Å²) in [6.07, 6.45) is -4.62. The fourth-order valence-corrected chi connectivity index (χ4v) is 4.83. The van der Waals surface area contributed by atoms with Crippen LogP contribution in [0.5, 0.6) is 0 Å². The van der Waals surface area contributed by atoms with Crippen LogP contribution in [-0.4, -0.2) is 31.4 Å². The van der Waals surface area contributed by atoms with Crippen molar-refractivity contribution in [2.45, 2.75) is 17.9 Å². The highest BCUT2D eigenvalue weighted by molar-refractivity contribution is 7.99. The van der Waals surface area contributed by atoms with Gasteiger partial charge in [-0.05, 0) is 17.7 Å². The molecule has 176 valence electrons. The Labute approximate surface area is 206 Å². The molecular formula is C22H17ClF3N5OS2. The van der Waals surface area contributed by atoms with Gasteiger partial charge in [0.05, 0.1) is 18.0 Å².